The summed E-state index contributed by atoms with van der Waals surface area (Å²) in [4.78, 5) is 26.3. The van der Waals surface area contributed by atoms with Crippen molar-refractivity contribution in [3.05, 3.63) is 35.9 Å². The number of benzene rings is 1. The molecule has 0 atom stereocenters. The first kappa shape index (κ1) is 14.3. The van der Waals surface area contributed by atoms with Crippen molar-refractivity contribution in [1.29, 1.82) is 0 Å². The number of hydrogen-bond acceptors (Lipinski definition) is 3. The lowest BCUT2D eigenvalue weighted by Gasteiger charge is -2.35. The van der Waals surface area contributed by atoms with Gasteiger partial charge in [-0.1, -0.05) is 18.2 Å². The third-order valence-corrected chi connectivity index (χ3v) is 3.49. The number of piperazine rings is 1. The zero-order valence-corrected chi connectivity index (χ0v) is 12.0. The number of rotatable bonds is 3. The molecule has 1 heterocycles. The molecule has 0 bridgehead atoms. The fourth-order valence-electron chi connectivity index (χ4n) is 2.29. The second-order valence-corrected chi connectivity index (χ2v) is 5.03. The van der Waals surface area contributed by atoms with Crippen molar-refractivity contribution in [2.75, 3.05) is 31.1 Å². The molecule has 2 rings (SSSR count). The molecule has 4 heteroatoms. The molecule has 0 aromatic heterocycles. The van der Waals surface area contributed by atoms with Gasteiger partial charge in [-0.25, -0.2) is 0 Å². The smallest absolute Gasteiger partial charge is 0.219 e. The van der Waals surface area contributed by atoms with Crippen LogP contribution in [-0.4, -0.2) is 42.8 Å². The Morgan fingerprint density at radius 2 is 1.60 bits per heavy atom. The van der Waals surface area contributed by atoms with Crippen molar-refractivity contribution in [3.63, 3.8) is 0 Å². The minimum absolute atomic E-state index is 0.0504. The van der Waals surface area contributed by atoms with E-state index in [0.717, 1.165) is 37.4 Å². The van der Waals surface area contributed by atoms with Crippen molar-refractivity contribution >= 4 is 23.5 Å². The Balaban J connectivity index is 1.97. The Kier molecular flexibility index (Phi) is 4.56. The molecule has 1 fully saturated rings. The standard InChI is InChI=1S/C16H20N2O2/c1-13(19)3-4-15-5-7-16(8-6-15)18-11-9-17(10-12-18)14(2)20/h3-8H,9-12H2,1-2H3/b4-3+. The maximum Gasteiger partial charge on any atom is 0.219 e. The number of allylic oxidation sites excluding steroid dienone is 1. The van der Waals surface area contributed by atoms with Crippen LogP contribution in [0.3, 0.4) is 0 Å². The van der Waals surface area contributed by atoms with E-state index in [9.17, 15) is 9.59 Å². The summed E-state index contributed by atoms with van der Waals surface area (Å²) in [7, 11) is 0. The van der Waals surface area contributed by atoms with Crippen LogP contribution in [0.1, 0.15) is 19.4 Å². The molecule has 1 amide bonds. The van der Waals surface area contributed by atoms with Crippen LogP contribution in [0.2, 0.25) is 0 Å². The van der Waals surface area contributed by atoms with Gasteiger partial charge in [-0.3, -0.25) is 9.59 Å². The minimum atomic E-state index is 0.0504. The van der Waals surface area contributed by atoms with E-state index in [1.54, 1.807) is 19.9 Å². The molecule has 0 unspecified atom stereocenters. The molecule has 0 aliphatic carbocycles. The first-order valence-electron chi connectivity index (χ1n) is 6.85. The first-order chi connectivity index (χ1) is 9.56. The molecule has 1 aliphatic rings. The van der Waals surface area contributed by atoms with Crippen LogP contribution in [0.25, 0.3) is 6.08 Å². The molecule has 1 aliphatic heterocycles. The predicted molar refractivity (Wildman–Crippen MR) is 80.6 cm³/mol. The normalized spacial score (nSPS) is 15.7. The number of ketones is 1. The summed E-state index contributed by atoms with van der Waals surface area (Å²) in [5.41, 5.74) is 2.18. The average molecular weight is 272 g/mol. The summed E-state index contributed by atoms with van der Waals surface area (Å²) in [6.45, 7) is 6.44. The van der Waals surface area contributed by atoms with Gasteiger partial charge in [-0.15, -0.1) is 0 Å². The summed E-state index contributed by atoms with van der Waals surface area (Å²) >= 11 is 0. The molecule has 1 aromatic rings. The van der Waals surface area contributed by atoms with Gasteiger partial charge in [0.2, 0.25) is 5.91 Å². The van der Waals surface area contributed by atoms with Crippen molar-refractivity contribution in [1.82, 2.24) is 4.90 Å². The number of hydrogen-bond donors (Lipinski definition) is 0. The topological polar surface area (TPSA) is 40.6 Å². The molecule has 106 valence electrons. The van der Waals surface area contributed by atoms with Crippen LogP contribution in [0.15, 0.2) is 30.3 Å². The number of anilines is 1. The monoisotopic (exact) mass is 272 g/mol. The van der Waals surface area contributed by atoms with E-state index in [-0.39, 0.29) is 11.7 Å². The third-order valence-electron chi connectivity index (χ3n) is 3.49. The van der Waals surface area contributed by atoms with Crippen LogP contribution in [-0.2, 0) is 9.59 Å². The number of amides is 1. The summed E-state index contributed by atoms with van der Waals surface area (Å²) < 4.78 is 0. The molecule has 0 saturated carbocycles. The highest BCUT2D eigenvalue weighted by Gasteiger charge is 2.18. The van der Waals surface area contributed by atoms with E-state index < -0.39 is 0 Å². The Morgan fingerprint density at radius 1 is 1.00 bits per heavy atom. The largest absolute Gasteiger partial charge is 0.368 e. The van der Waals surface area contributed by atoms with E-state index in [1.807, 2.05) is 23.1 Å². The van der Waals surface area contributed by atoms with Crippen LogP contribution in [0.5, 0.6) is 0 Å². The fourth-order valence-corrected chi connectivity index (χ4v) is 2.29. The van der Waals surface area contributed by atoms with Gasteiger partial charge in [0.15, 0.2) is 5.78 Å². The highest BCUT2D eigenvalue weighted by molar-refractivity contribution is 5.91. The van der Waals surface area contributed by atoms with Gasteiger partial charge in [-0.05, 0) is 30.7 Å². The fraction of sp³-hybridized carbons (Fsp3) is 0.375. The predicted octanol–water partition coefficient (Wildman–Crippen LogP) is 1.96. The maximum atomic E-state index is 11.3. The maximum absolute atomic E-state index is 11.3. The zero-order valence-electron chi connectivity index (χ0n) is 12.0. The van der Waals surface area contributed by atoms with Crippen molar-refractivity contribution in [2.24, 2.45) is 0 Å². The SMILES string of the molecule is CC(=O)/C=C/c1ccc(N2CCN(C(C)=O)CC2)cc1. The van der Waals surface area contributed by atoms with Crippen LogP contribution in [0, 0.1) is 0 Å². The molecule has 20 heavy (non-hydrogen) atoms. The molecule has 1 aromatic carbocycles. The number of nitrogens with zero attached hydrogens (tertiary/aromatic N) is 2. The second kappa shape index (κ2) is 6.37. The van der Waals surface area contributed by atoms with E-state index in [2.05, 4.69) is 17.0 Å². The van der Waals surface area contributed by atoms with Gasteiger partial charge in [0.1, 0.15) is 0 Å². The van der Waals surface area contributed by atoms with Gasteiger partial charge in [0.05, 0.1) is 0 Å². The van der Waals surface area contributed by atoms with Crippen molar-refractivity contribution in [3.8, 4) is 0 Å². The van der Waals surface area contributed by atoms with Crippen LogP contribution in [0.4, 0.5) is 5.69 Å². The van der Waals surface area contributed by atoms with E-state index in [1.165, 1.54) is 0 Å². The average Bonchev–Trinajstić information content (AvgIpc) is 2.46. The lowest BCUT2D eigenvalue weighted by atomic mass is 10.1. The van der Waals surface area contributed by atoms with E-state index in [4.69, 9.17) is 0 Å². The lowest BCUT2D eigenvalue weighted by molar-refractivity contribution is -0.129. The molecular formula is C16H20N2O2. The Morgan fingerprint density at radius 3 is 2.10 bits per heavy atom. The molecular weight excluding hydrogens is 252 g/mol. The third kappa shape index (κ3) is 3.70. The summed E-state index contributed by atoms with van der Waals surface area (Å²) in [6.07, 6.45) is 3.39. The van der Waals surface area contributed by atoms with Gasteiger partial charge in [0.25, 0.3) is 0 Å². The van der Waals surface area contributed by atoms with Gasteiger partial charge < -0.3 is 9.80 Å². The highest BCUT2D eigenvalue weighted by Crippen LogP contribution is 2.18. The van der Waals surface area contributed by atoms with Gasteiger partial charge in [-0.2, -0.15) is 0 Å². The van der Waals surface area contributed by atoms with E-state index >= 15 is 0 Å². The first-order valence-corrected chi connectivity index (χ1v) is 6.85. The number of carbonyl (C=O) groups is 2. The van der Waals surface area contributed by atoms with Crippen molar-refractivity contribution < 1.29 is 9.59 Å². The Hall–Kier alpha value is -2.10. The van der Waals surface area contributed by atoms with Crippen LogP contribution >= 0.6 is 0 Å². The highest BCUT2D eigenvalue weighted by atomic mass is 16.2. The van der Waals surface area contributed by atoms with Crippen LogP contribution < -0.4 is 4.90 Å². The lowest BCUT2D eigenvalue weighted by Crippen LogP contribution is -2.48. The van der Waals surface area contributed by atoms with Gasteiger partial charge >= 0.3 is 0 Å². The molecule has 1 saturated heterocycles. The molecule has 0 spiro atoms. The van der Waals surface area contributed by atoms with Crippen molar-refractivity contribution in [2.45, 2.75) is 13.8 Å². The van der Waals surface area contributed by atoms with E-state index in [0.29, 0.717) is 0 Å². The summed E-state index contributed by atoms with van der Waals surface area (Å²) in [5.74, 6) is 0.198. The summed E-state index contributed by atoms with van der Waals surface area (Å²) in [6, 6.07) is 8.13. The Bertz CT molecular complexity index is 512. The summed E-state index contributed by atoms with van der Waals surface area (Å²) in [5, 5.41) is 0. The molecule has 0 N–H and O–H groups in total. The number of carbonyl (C=O) groups excluding carboxylic acids is 2. The molecule has 4 nitrogen and oxygen atoms in total. The quantitative estimate of drug-likeness (QED) is 0.790. The Labute approximate surface area is 119 Å². The zero-order chi connectivity index (χ0) is 14.5. The molecule has 0 radical (unpaired) electrons. The van der Waals surface area contributed by atoms with Gasteiger partial charge in [0, 0.05) is 38.8 Å². The second-order valence-electron chi connectivity index (χ2n) is 5.03. The minimum Gasteiger partial charge on any atom is -0.368 e.